The Balaban J connectivity index is 2.21. The van der Waals surface area contributed by atoms with Gasteiger partial charge in [0, 0.05) is 11.3 Å². The predicted molar refractivity (Wildman–Crippen MR) is 77.5 cm³/mol. The molecule has 0 radical (unpaired) electrons. The second-order valence-corrected chi connectivity index (χ2v) is 4.96. The second kappa shape index (κ2) is 7.04. The molecule has 128 valence electrons. The molecule has 0 aliphatic carbocycles. The summed E-state index contributed by atoms with van der Waals surface area (Å²) in [7, 11) is 0. The van der Waals surface area contributed by atoms with Crippen LogP contribution < -0.4 is 10.1 Å². The van der Waals surface area contributed by atoms with Crippen LogP contribution in [-0.4, -0.2) is 12.5 Å². The number of amides is 1. The van der Waals surface area contributed by atoms with Gasteiger partial charge in [0.2, 0.25) is 0 Å². The number of rotatable bonds is 4. The van der Waals surface area contributed by atoms with Crippen LogP contribution in [0.1, 0.15) is 15.9 Å². The number of alkyl halides is 5. The number of benzene rings is 2. The Hall–Kier alpha value is -2.35. The van der Waals surface area contributed by atoms with Crippen molar-refractivity contribution >= 4 is 23.2 Å². The van der Waals surface area contributed by atoms with Crippen molar-refractivity contribution in [3.8, 4) is 5.75 Å². The zero-order valence-corrected chi connectivity index (χ0v) is 12.5. The fourth-order valence-corrected chi connectivity index (χ4v) is 2.06. The number of anilines is 1. The van der Waals surface area contributed by atoms with Crippen LogP contribution in [0.4, 0.5) is 27.6 Å². The van der Waals surface area contributed by atoms with Crippen LogP contribution in [0.25, 0.3) is 0 Å². The van der Waals surface area contributed by atoms with Crippen LogP contribution in [0.5, 0.6) is 5.75 Å². The van der Waals surface area contributed by atoms with Crippen molar-refractivity contribution < 1.29 is 31.5 Å². The van der Waals surface area contributed by atoms with E-state index in [1.807, 2.05) is 0 Å². The molecule has 0 saturated heterocycles. The summed E-state index contributed by atoms with van der Waals surface area (Å²) in [5.41, 5.74) is -1.30. The molecule has 24 heavy (non-hydrogen) atoms. The first-order valence-electron chi connectivity index (χ1n) is 6.40. The number of carbonyl (C=O) groups is 1. The first-order valence-corrected chi connectivity index (χ1v) is 6.77. The average Bonchev–Trinajstić information content (AvgIpc) is 2.47. The molecule has 0 saturated carbocycles. The summed E-state index contributed by atoms with van der Waals surface area (Å²) in [6, 6.07) is 7.73. The molecule has 0 aromatic heterocycles. The van der Waals surface area contributed by atoms with Crippen molar-refractivity contribution in [2.24, 2.45) is 0 Å². The maximum Gasteiger partial charge on any atom is 0.417 e. The minimum Gasteiger partial charge on any atom is -0.435 e. The van der Waals surface area contributed by atoms with Crippen LogP contribution in [0.15, 0.2) is 42.5 Å². The van der Waals surface area contributed by atoms with Gasteiger partial charge in [-0.2, -0.15) is 22.0 Å². The molecule has 2 rings (SSSR count). The van der Waals surface area contributed by atoms with Gasteiger partial charge in [-0.25, -0.2) is 0 Å². The maximum absolute atomic E-state index is 12.8. The number of hydrogen-bond donors (Lipinski definition) is 1. The summed E-state index contributed by atoms with van der Waals surface area (Å²) >= 11 is 5.48. The molecule has 2 aromatic carbocycles. The van der Waals surface area contributed by atoms with E-state index in [-0.39, 0.29) is 17.0 Å². The molecular formula is C15H9ClF5NO2. The summed E-state index contributed by atoms with van der Waals surface area (Å²) in [6.07, 6.45) is -4.68. The molecule has 0 spiro atoms. The lowest BCUT2D eigenvalue weighted by Gasteiger charge is -2.12. The Morgan fingerprint density at radius 2 is 1.83 bits per heavy atom. The van der Waals surface area contributed by atoms with E-state index in [1.165, 1.54) is 24.3 Å². The van der Waals surface area contributed by atoms with E-state index in [9.17, 15) is 26.7 Å². The Kier molecular flexibility index (Phi) is 5.28. The lowest BCUT2D eigenvalue weighted by atomic mass is 10.1. The molecule has 9 heteroatoms. The number of halogens is 6. The van der Waals surface area contributed by atoms with Crippen molar-refractivity contribution in [3.05, 3.63) is 58.6 Å². The van der Waals surface area contributed by atoms with Gasteiger partial charge in [0.05, 0.1) is 10.6 Å². The normalized spacial score (nSPS) is 11.5. The number of carbonyl (C=O) groups excluding carboxylic acids is 1. The van der Waals surface area contributed by atoms with Crippen molar-refractivity contribution in [2.75, 3.05) is 5.32 Å². The molecule has 0 fully saturated rings. The molecule has 0 atom stereocenters. The summed E-state index contributed by atoms with van der Waals surface area (Å²) in [4.78, 5) is 12.0. The van der Waals surface area contributed by atoms with E-state index >= 15 is 0 Å². The monoisotopic (exact) mass is 365 g/mol. The summed E-state index contributed by atoms with van der Waals surface area (Å²) < 4.78 is 66.8. The van der Waals surface area contributed by atoms with Gasteiger partial charge in [-0.15, -0.1) is 0 Å². The Labute approximate surface area is 138 Å². The van der Waals surface area contributed by atoms with Gasteiger partial charge in [0.25, 0.3) is 5.91 Å². The Morgan fingerprint density at radius 3 is 2.46 bits per heavy atom. The highest BCUT2D eigenvalue weighted by atomic mass is 35.5. The Morgan fingerprint density at radius 1 is 1.12 bits per heavy atom. The summed E-state index contributed by atoms with van der Waals surface area (Å²) in [5.74, 6) is -1.03. The molecule has 0 aliphatic rings. The van der Waals surface area contributed by atoms with Crippen LogP contribution in [0, 0.1) is 0 Å². The van der Waals surface area contributed by atoms with E-state index in [0.717, 1.165) is 12.1 Å². The standard InChI is InChI=1S/C15H9ClF5NO2/c16-12-5-4-9(7-11(12)15(19,20)21)22-13(23)8-2-1-3-10(6-8)24-14(17)18/h1-7,14H,(H,22,23). The highest BCUT2D eigenvalue weighted by Crippen LogP contribution is 2.36. The largest absolute Gasteiger partial charge is 0.435 e. The highest BCUT2D eigenvalue weighted by molar-refractivity contribution is 6.31. The SMILES string of the molecule is O=C(Nc1ccc(Cl)c(C(F)(F)F)c1)c1cccc(OC(F)F)c1. The lowest BCUT2D eigenvalue weighted by molar-refractivity contribution is -0.137. The van der Waals surface area contributed by atoms with Gasteiger partial charge in [0.1, 0.15) is 5.75 Å². The van der Waals surface area contributed by atoms with E-state index in [1.54, 1.807) is 0 Å². The minimum absolute atomic E-state index is 0.0586. The topological polar surface area (TPSA) is 38.3 Å². The fourth-order valence-electron chi connectivity index (χ4n) is 1.84. The van der Waals surface area contributed by atoms with Crippen LogP contribution in [-0.2, 0) is 6.18 Å². The smallest absolute Gasteiger partial charge is 0.417 e. The van der Waals surface area contributed by atoms with Crippen molar-refractivity contribution in [1.29, 1.82) is 0 Å². The van der Waals surface area contributed by atoms with Crippen LogP contribution >= 0.6 is 11.6 Å². The van der Waals surface area contributed by atoms with Gasteiger partial charge < -0.3 is 10.1 Å². The molecule has 3 nitrogen and oxygen atoms in total. The van der Waals surface area contributed by atoms with E-state index in [4.69, 9.17) is 11.6 Å². The molecule has 0 heterocycles. The van der Waals surface area contributed by atoms with E-state index in [0.29, 0.717) is 6.07 Å². The first kappa shape index (κ1) is 18.0. The molecule has 0 bridgehead atoms. The van der Waals surface area contributed by atoms with E-state index < -0.39 is 29.3 Å². The third-order valence-corrected chi connectivity index (χ3v) is 3.18. The van der Waals surface area contributed by atoms with E-state index in [2.05, 4.69) is 10.1 Å². The second-order valence-electron chi connectivity index (χ2n) is 4.55. The van der Waals surface area contributed by atoms with Gasteiger partial charge in [0.15, 0.2) is 0 Å². The van der Waals surface area contributed by atoms with Crippen LogP contribution in [0.3, 0.4) is 0 Å². The zero-order chi connectivity index (χ0) is 17.9. The van der Waals surface area contributed by atoms with Crippen molar-refractivity contribution in [3.63, 3.8) is 0 Å². The van der Waals surface area contributed by atoms with Crippen LogP contribution in [0.2, 0.25) is 5.02 Å². The fraction of sp³-hybridized carbons (Fsp3) is 0.133. The van der Waals surface area contributed by atoms with Gasteiger partial charge >= 0.3 is 12.8 Å². The quantitative estimate of drug-likeness (QED) is 0.755. The first-order chi connectivity index (χ1) is 11.2. The number of hydrogen-bond acceptors (Lipinski definition) is 2. The van der Waals surface area contributed by atoms with Crippen molar-refractivity contribution in [2.45, 2.75) is 12.8 Å². The van der Waals surface area contributed by atoms with Gasteiger partial charge in [-0.3, -0.25) is 4.79 Å². The maximum atomic E-state index is 12.8. The third-order valence-electron chi connectivity index (χ3n) is 2.85. The summed E-state index contributed by atoms with van der Waals surface area (Å²) in [6.45, 7) is -3.06. The molecule has 0 unspecified atom stereocenters. The third kappa shape index (κ3) is 4.58. The average molecular weight is 366 g/mol. The zero-order valence-electron chi connectivity index (χ0n) is 11.7. The van der Waals surface area contributed by atoms with Crippen molar-refractivity contribution in [1.82, 2.24) is 0 Å². The van der Waals surface area contributed by atoms with Gasteiger partial charge in [-0.1, -0.05) is 17.7 Å². The molecule has 1 amide bonds. The number of nitrogens with one attached hydrogen (secondary N) is 1. The molecule has 2 aromatic rings. The molecule has 0 aliphatic heterocycles. The Bertz CT molecular complexity index is 749. The highest BCUT2D eigenvalue weighted by Gasteiger charge is 2.33. The minimum atomic E-state index is -4.68. The van der Waals surface area contributed by atoms with Gasteiger partial charge in [-0.05, 0) is 36.4 Å². The lowest BCUT2D eigenvalue weighted by Crippen LogP contribution is -2.14. The molecule has 1 N–H and O–H groups in total. The predicted octanol–water partition coefficient (Wildman–Crippen LogP) is 5.21. The molecular weight excluding hydrogens is 357 g/mol. The summed E-state index contributed by atoms with van der Waals surface area (Å²) in [5, 5.41) is 1.73. The number of ether oxygens (including phenoxy) is 1.